The monoisotopic (exact) mass is 341 g/mol. The molecule has 2 heterocycles. The summed E-state index contributed by atoms with van der Waals surface area (Å²) >= 11 is 0. The number of aromatic nitrogens is 1. The molecule has 0 spiro atoms. The summed E-state index contributed by atoms with van der Waals surface area (Å²) < 4.78 is 5.44. The summed E-state index contributed by atoms with van der Waals surface area (Å²) in [6.45, 7) is 1.58. The summed E-state index contributed by atoms with van der Waals surface area (Å²) in [5.41, 5.74) is 2.41. The number of benzene rings is 1. The van der Waals surface area contributed by atoms with E-state index in [4.69, 9.17) is 4.52 Å². The van der Waals surface area contributed by atoms with E-state index < -0.39 is 0 Å². The first-order valence-electron chi connectivity index (χ1n) is 9.14. The third-order valence-corrected chi connectivity index (χ3v) is 5.62. The van der Waals surface area contributed by atoms with Crippen molar-refractivity contribution in [3.8, 4) is 0 Å². The van der Waals surface area contributed by atoms with Crippen molar-refractivity contribution in [3.05, 3.63) is 23.9 Å². The third-order valence-electron chi connectivity index (χ3n) is 5.62. The molecule has 2 aromatic rings. The summed E-state index contributed by atoms with van der Waals surface area (Å²) in [4.78, 5) is 25.3. The van der Waals surface area contributed by atoms with Crippen LogP contribution >= 0.6 is 0 Å². The highest BCUT2D eigenvalue weighted by Gasteiger charge is 2.31. The summed E-state index contributed by atoms with van der Waals surface area (Å²) in [5, 5.41) is 7.89. The molecule has 1 saturated carbocycles. The van der Waals surface area contributed by atoms with Gasteiger partial charge in [0.15, 0.2) is 5.58 Å². The van der Waals surface area contributed by atoms with E-state index in [1.807, 2.05) is 17.0 Å². The van der Waals surface area contributed by atoms with Crippen molar-refractivity contribution in [1.29, 1.82) is 0 Å². The number of carbonyl (C=O) groups is 2. The van der Waals surface area contributed by atoms with Crippen molar-refractivity contribution in [2.24, 2.45) is 5.92 Å². The minimum atomic E-state index is 0.251. The summed E-state index contributed by atoms with van der Waals surface area (Å²) in [6.07, 6.45) is 6.97. The molecule has 2 amide bonds. The normalized spacial score (nSPS) is 19.4. The number of hydrogen-bond acceptors (Lipinski definition) is 4. The first-order chi connectivity index (χ1) is 12.3. The topological polar surface area (TPSA) is 75.4 Å². The Morgan fingerprint density at radius 3 is 2.68 bits per heavy atom. The minimum absolute atomic E-state index is 0.251. The Kier molecular flexibility index (Phi) is 4.42. The van der Waals surface area contributed by atoms with Gasteiger partial charge in [0, 0.05) is 36.0 Å². The average molecular weight is 341 g/mol. The van der Waals surface area contributed by atoms with E-state index in [-0.39, 0.29) is 5.92 Å². The van der Waals surface area contributed by atoms with E-state index in [0.29, 0.717) is 18.2 Å². The number of piperidine rings is 1. The second-order valence-corrected chi connectivity index (χ2v) is 7.12. The number of fused-ring (bicyclic) bond motifs is 1. The average Bonchev–Trinajstić information content (AvgIpc) is 3.31. The van der Waals surface area contributed by atoms with Crippen LogP contribution in [0.5, 0.6) is 0 Å². The molecule has 4 rings (SSSR count). The second-order valence-electron chi connectivity index (χ2n) is 7.12. The van der Waals surface area contributed by atoms with Gasteiger partial charge in [0.25, 0.3) is 0 Å². The number of amides is 2. The lowest BCUT2D eigenvalue weighted by Gasteiger charge is -2.33. The van der Waals surface area contributed by atoms with Gasteiger partial charge in [0.1, 0.15) is 0 Å². The van der Waals surface area contributed by atoms with Crippen LogP contribution in [0, 0.1) is 5.92 Å². The standard InChI is InChI=1S/C19H23N3O3/c23-12-20-15-5-6-17-16(11-15)18(21-25-17)13-7-9-22(10-8-13)19(24)14-3-1-2-4-14/h5-6,11-14H,1-4,7-10H2,(H,20,23). The number of likely N-dealkylation sites (tertiary alicyclic amines) is 1. The van der Waals surface area contributed by atoms with Gasteiger partial charge in [0.05, 0.1) is 5.69 Å². The van der Waals surface area contributed by atoms with Gasteiger partial charge in [-0.1, -0.05) is 18.0 Å². The van der Waals surface area contributed by atoms with E-state index in [1.165, 1.54) is 12.8 Å². The highest BCUT2D eigenvalue weighted by molar-refractivity contribution is 5.86. The van der Waals surface area contributed by atoms with Crippen molar-refractivity contribution in [2.45, 2.75) is 44.4 Å². The van der Waals surface area contributed by atoms with Gasteiger partial charge in [-0.15, -0.1) is 0 Å². The van der Waals surface area contributed by atoms with Crippen molar-refractivity contribution in [1.82, 2.24) is 10.1 Å². The summed E-state index contributed by atoms with van der Waals surface area (Å²) in [5.74, 6) is 0.889. The first kappa shape index (κ1) is 16.1. The van der Waals surface area contributed by atoms with E-state index in [1.54, 1.807) is 6.07 Å². The van der Waals surface area contributed by atoms with Crippen molar-refractivity contribution < 1.29 is 14.1 Å². The molecule has 1 aliphatic heterocycles. The smallest absolute Gasteiger partial charge is 0.225 e. The third kappa shape index (κ3) is 3.13. The van der Waals surface area contributed by atoms with Gasteiger partial charge >= 0.3 is 0 Å². The lowest BCUT2D eigenvalue weighted by atomic mass is 9.90. The maximum Gasteiger partial charge on any atom is 0.225 e. The van der Waals surface area contributed by atoms with Crippen molar-refractivity contribution in [2.75, 3.05) is 18.4 Å². The molecule has 1 aromatic heterocycles. The minimum Gasteiger partial charge on any atom is -0.356 e. The Labute approximate surface area is 146 Å². The molecule has 132 valence electrons. The Morgan fingerprint density at radius 2 is 1.96 bits per heavy atom. The molecule has 2 aliphatic rings. The fraction of sp³-hybridized carbons (Fsp3) is 0.526. The van der Waals surface area contributed by atoms with Crippen LogP contribution in [0.1, 0.15) is 50.1 Å². The Morgan fingerprint density at radius 1 is 1.20 bits per heavy atom. The quantitative estimate of drug-likeness (QED) is 0.866. The van der Waals surface area contributed by atoms with Gasteiger partial charge in [0.2, 0.25) is 12.3 Å². The number of carbonyl (C=O) groups excluding carboxylic acids is 2. The van der Waals surface area contributed by atoms with E-state index in [2.05, 4.69) is 10.5 Å². The first-order valence-corrected chi connectivity index (χ1v) is 9.14. The van der Waals surface area contributed by atoms with E-state index in [9.17, 15) is 9.59 Å². The van der Waals surface area contributed by atoms with Crippen molar-refractivity contribution in [3.63, 3.8) is 0 Å². The molecule has 6 heteroatoms. The number of rotatable bonds is 4. The predicted molar refractivity (Wildman–Crippen MR) is 94.2 cm³/mol. The van der Waals surface area contributed by atoms with Gasteiger partial charge < -0.3 is 14.7 Å². The highest BCUT2D eigenvalue weighted by Crippen LogP contribution is 2.35. The van der Waals surface area contributed by atoms with Crippen LogP contribution in [0.25, 0.3) is 11.0 Å². The van der Waals surface area contributed by atoms with E-state index in [0.717, 1.165) is 61.1 Å². The molecule has 0 unspecified atom stereocenters. The second kappa shape index (κ2) is 6.86. The van der Waals surface area contributed by atoms with Gasteiger partial charge in [-0.2, -0.15) is 0 Å². The number of hydrogen-bond donors (Lipinski definition) is 1. The van der Waals surface area contributed by atoms with Crippen LogP contribution in [0.3, 0.4) is 0 Å². The number of nitrogens with one attached hydrogen (secondary N) is 1. The van der Waals surface area contributed by atoms with Crippen LogP contribution in [0.4, 0.5) is 5.69 Å². The lowest BCUT2D eigenvalue weighted by molar-refractivity contribution is -0.136. The largest absolute Gasteiger partial charge is 0.356 e. The molecule has 1 aromatic carbocycles. The SMILES string of the molecule is O=CNc1ccc2onc(C3CCN(C(=O)C4CCCC4)CC3)c2c1. The molecular weight excluding hydrogens is 318 g/mol. The lowest BCUT2D eigenvalue weighted by Crippen LogP contribution is -2.40. The van der Waals surface area contributed by atoms with Crippen molar-refractivity contribution >= 4 is 29.0 Å². The number of anilines is 1. The molecule has 1 saturated heterocycles. The van der Waals surface area contributed by atoms with Gasteiger partial charge in [-0.25, -0.2) is 0 Å². The maximum absolute atomic E-state index is 12.6. The molecule has 0 atom stereocenters. The number of nitrogens with zero attached hydrogens (tertiary/aromatic N) is 2. The van der Waals surface area contributed by atoms with Crippen LogP contribution in [0.15, 0.2) is 22.7 Å². The van der Waals surface area contributed by atoms with Crippen LogP contribution in [0.2, 0.25) is 0 Å². The molecule has 2 fully saturated rings. The molecule has 0 radical (unpaired) electrons. The van der Waals surface area contributed by atoms with Gasteiger partial charge in [-0.3, -0.25) is 9.59 Å². The fourth-order valence-corrected chi connectivity index (χ4v) is 4.21. The highest BCUT2D eigenvalue weighted by atomic mass is 16.5. The Bertz CT molecular complexity index is 771. The zero-order chi connectivity index (χ0) is 17.2. The molecule has 1 aliphatic carbocycles. The van der Waals surface area contributed by atoms with Crippen LogP contribution in [-0.4, -0.2) is 35.5 Å². The molecule has 25 heavy (non-hydrogen) atoms. The molecule has 6 nitrogen and oxygen atoms in total. The Balaban J connectivity index is 1.47. The fourth-order valence-electron chi connectivity index (χ4n) is 4.21. The summed E-state index contributed by atoms with van der Waals surface area (Å²) in [6, 6.07) is 5.54. The summed E-state index contributed by atoms with van der Waals surface area (Å²) in [7, 11) is 0. The zero-order valence-electron chi connectivity index (χ0n) is 14.2. The van der Waals surface area contributed by atoms with E-state index >= 15 is 0 Å². The predicted octanol–water partition coefficient (Wildman–Crippen LogP) is 3.29. The maximum atomic E-state index is 12.6. The van der Waals surface area contributed by atoms with Crippen LogP contribution in [-0.2, 0) is 9.59 Å². The molecule has 0 bridgehead atoms. The van der Waals surface area contributed by atoms with Gasteiger partial charge in [-0.05, 0) is 43.9 Å². The molecular formula is C19H23N3O3. The Hall–Kier alpha value is -2.37. The van der Waals surface area contributed by atoms with Crippen LogP contribution < -0.4 is 5.32 Å². The zero-order valence-corrected chi connectivity index (χ0v) is 14.2. The molecule has 1 N–H and O–H groups in total.